The minimum atomic E-state index is -2.58. The van der Waals surface area contributed by atoms with Crippen molar-refractivity contribution in [1.82, 2.24) is 0 Å². The van der Waals surface area contributed by atoms with E-state index in [-0.39, 0.29) is 0 Å². The highest BCUT2D eigenvalue weighted by Gasteiger charge is 2.20. The summed E-state index contributed by atoms with van der Waals surface area (Å²) >= 11 is 0. The van der Waals surface area contributed by atoms with Crippen molar-refractivity contribution in [2.45, 2.75) is 34.1 Å². The zero-order valence-electron chi connectivity index (χ0n) is 13.4. The molecule has 0 radical (unpaired) electrons. The van der Waals surface area contributed by atoms with E-state index in [0.29, 0.717) is 10.9 Å². The molecule has 0 aromatic heterocycles. The molecule has 116 valence electrons. The molecule has 2 aromatic rings. The molecule has 0 amide bonds. The van der Waals surface area contributed by atoms with E-state index in [9.17, 15) is 9.36 Å². The number of hydrogen-bond donors (Lipinski definition) is 0. The van der Waals surface area contributed by atoms with E-state index in [4.69, 9.17) is 4.52 Å². The molecule has 22 heavy (non-hydrogen) atoms. The standard InChI is InChI=1S/C18H21O3P/c1-5-16-12(2)11-13(3)17(14(16)4)18(19)21-22(20)15-9-7-6-8-10-15/h6-11,22H,5H2,1-4H3. The summed E-state index contributed by atoms with van der Waals surface area (Å²) in [7, 11) is -2.58. The van der Waals surface area contributed by atoms with E-state index in [1.54, 1.807) is 24.3 Å². The highest BCUT2D eigenvalue weighted by molar-refractivity contribution is 7.49. The summed E-state index contributed by atoms with van der Waals surface area (Å²) in [6.07, 6.45) is 0.853. The molecule has 0 saturated carbocycles. The van der Waals surface area contributed by atoms with Crippen molar-refractivity contribution in [3.63, 3.8) is 0 Å². The predicted octanol–water partition coefficient (Wildman–Crippen LogP) is 4.13. The molecule has 1 unspecified atom stereocenters. The van der Waals surface area contributed by atoms with Gasteiger partial charge in [-0.15, -0.1) is 0 Å². The Morgan fingerprint density at radius 1 is 1.09 bits per heavy atom. The maximum Gasteiger partial charge on any atom is 0.343 e. The van der Waals surface area contributed by atoms with Crippen LogP contribution in [0.25, 0.3) is 0 Å². The van der Waals surface area contributed by atoms with Crippen LogP contribution in [0, 0.1) is 20.8 Å². The molecular weight excluding hydrogens is 295 g/mol. The van der Waals surface area contributed by atoms with E-state index in [1.807, 2.05) is 32.9 Å². The quantitative estimate of drug-likeness (QED) is 0.797. The van der Waals surface area contributed by atoms with Crippen LogP contribution < -0.4 is 5.30 Å². The summed E-state index contributed by atoms with van der Waals surface area (Å²) in [6, 6.07) is 10.8. The summed E-state index contributed by atoms with van der Waals surface area (Å²) < 4.78 is 17.4. The van der Waals surface area contributed by atoms with Gasteiger partial charge in [0.15, 0.2) is 0 Å². The second-order valence-electron chi connectivity index (χ2n) is 5.39. The van der Waals surface area contributed by atoms with Crippen molar-refractivity contribution in [3.05, 3.63) is 64.2 Å². The molecule has 0 aliphatic rings. The maximum atomic E-state index is 12.5. The average Bonchev–Trinajstić information content (AvgIpc) is 2.48. The Morgan fingerprint density at radius 3 is 2.32 bits per heavy atom. The summed E-state index contributed by atoms with van der Waals surface area (Å²) in [5.41, 5.74) is 4.64. The number of rotatable bonds is 4. The molecule has 0 fully saturated rings. The van der Waals surface area contributed by atoms with E-state index < -0.39 is 14.0 Å². The van der Waals surface area contributed by atoms with Crippen LogP contribution in [-0.4, -0.2) is 5.97 Å². The second-order valence-corrected chi connectivity index (χ2v) is 6.74. The summed E-state index contributed by atoms with van der Waals surface area (Å²) in [6.45, 7) is 7.91. The smallest absolute Gasteiger partial charge is 0.343 e. The number of carbonyl (C=O) groups excluding carboxylic acids is 1. The number of hydrogen-bond acceptors (Lipinski definition) is 3. The van der Waals surface area contributed by atoms with Crippen LogP contribution in [0.4, 0.5) is 0 Å². The molecule has 0 saturated heterocycles. The zero-order valence-corrected chi connectivity index (χ0v) is 14.4. The van der Waals surface area contributed by atoms with Crippen LogP contribution in [0.1, 0.15) is 39.5 Å². The largest absolute Gasteiger partial charge is 0.407 e. The second kappa shape index (κ2) is 6.93. The lowest BCUT2D eigenvalue weighted by atomic mass is 9.92. The molecule has 0 aliphatic carbocycles. The predicted molar refractivity (Wildman–Crippen MR) is 90.5 cm³/mol. The Bertz CT molecular complexity index is 721. The first-order valence-corrected chi connectivity index (χ1v) is 8.68. The Balaban J connectivity index is 2.33. The fourth-order valence-corrected chi connectivity index (χ4v) is 3.71. The summed E-state index contributed by atoms with van der Waals surface area (Å²) in [4.78, 5) is 12.5. The van der Waals surface area contributed by atoms with Gasteiger partial charge in [-0.2, -0.15) is 0 Å². The third-order valence-corrected chi connectivity index (χ3v) is 5.06. The molecule has 0 spiro atoms. The van der Waals surface area contributed by atoms with Crippen molar-refractivity contribution in [3.8, 4) is 0 Å². The molecule has 1 atom stereocenters. The molecule has 2 rings (SSSR count). The van der Waals surface area contributed by atoms with Crippen molar-refractivity contribution < 1.29 is 13.9 Å². The number of benzene rings is 2. The van der Waals surface area contributed by atoms with Gasteiger partial charge in [-0.1, -0.05) is 31.2 Å². The number of carbonyl (C=O) groups is 1. The van der Waals surface area contributed by atoms with Crippen LogP contribution in [0.5, 0.6) is 0 Å². The van der Waals surface area contributed by atoms with Gasteiger partial charge in [-0.05, 0) is 61.6 Å². The first-order chi connectivity index (χ1) is 10.5. The topological polar surface area (TPSA) is 43.4 Å². The minimum Gasteiger partial charge on any atom is -0.407 e. The van der Waals surface area contributed by atoms with Gasteiger partial charge < -0.3 is 4.52 Å². The Kier molecular flexibility index (Phi) is 5.20. The average molecular weight is 316 g/mol. The molecule has 0 N–H and O–H groups in total. The lowest BCUT2D eigenvalue weighted by Gasteiger charge is -2.15. The minimum absolute atomic E-state index is 0.502. The van der Waals surface area contributed by atoms with Gasteiger partial charge in [-0.3, -0.25) is 4.57 Å². The van der Waals surface area contributed by atoms with Gasteiger partial charge >= 0.3 is 5.97 Å². The van der Waals surface area contributed by atoms with E-state index in [2.05, 4.69) is 6.92 Å². The maximum absolute atomic E-state index is 12.5. The van der Waals surface area contributed by atoms with Gasteiger partial charge in [0.1, 0.15) is 0 Å². The SMILES string of the molecule is CCc1c(C)cc(C)c(C(=O)O[PH](=O)c2ccccc2)c1C. The van der Waals surface area contributed by atoms with Crippen LogP contribution in [0.15, 0.2) is 36.4 Å². The fraction of sp³-hybridized carbons (Fsp3) is 0.278. The van der Waals surface area contributed by atoms with Gasteiger partial charge in [0.25, 0.3) is 8.03 Å². The first kappa shape index (κ1) is 16.5. The Hall–Kier alpha value is -1.86. The monoisotopic (exact) mass is 316 g/mol. The van der Waals surface area contributed by atoms with Crippen LogP contribution in [0.2, 0.25) is 0 Å². The molecule has 3 nitrogen and oxygen atoms in total. The van der Waals surface area contributed by atoms with Crippen LogP contribution >= 0.6 is 8.03 Å². The molecular formula is C18H21O3P. The van der Waals surface area contributed by atoms with Crippen molar-refractivity contribution >= 4 is 19.3 Å². The van der Waals surface area contributed by atoms with Crippen LogP contribution in [-0.2, 0) is 15.5 Å². The third-order valence-electron chi connectivity index (χ3n) is 3.88. The zero-order chi connectivity index (χ0) is 16.3. The van der Waals surface area contributed by atoms with Gasteiger partial charge in [-0.25, -0.2) is 4.79 Å². The van der Waals surface area contributed by atoms with Crippen molar-refractivity contribution in [1.29, 1.82) is 0 Å². The van der Waals surface area contributed by atoms with E-state index in [0.717, 1.165) is 23.1 Å². The summed E-state index contributed by atoms with van der Waals surface area (Å²) in [5, 5.41) is 0.555. The number of aryl methyl sites for hydroxylation is 2. The van der Waals surface area contributed by atoms with E-state index in [1.165, 1.54) is 5.56 Å². The normalized spacial score (nSPS) is 12.0. The van der Waals surface area contributed by atoms with Crippen LogP contribution in [0.3, 0.4) is 0 Å². The third kappa shape index (κ3) is 3.31. The molecule has 0 bridgehead atoms. The Morgan fingerprint density at radius 2 is 1.73 bits per heavy atom. The van der Waals surface area contributed by atoms with Crippen molar-refractivity contribution in [2.75, 3.05) is 0 Å². The van der Waals surface area contributed by atoms with Crippen molar-refractivity contribution in [2.24, 2.45) is 0 Å². The van der Waals surface area contributed by atoms with Gasteiger partial charge in [0.05, 0.1) is 5.56 Å². The Labute approximate surface area is 132 Å². The fourth-order valence-electron chi connectivity index (χ4n) is 2.85. The van der Waals surface area contributed by atoms with Gasteiger partial charge in [0.2, 0.25) is 0 Å². The van der Waals surface area contributed by atoms with Gasteiger partial charge in [0, 0.05) is 5.30 Å². The molecule has 2 aromatic carbocycles. The summed E-state index contributed by atoms with van der Waals surface area (Å²) in [5.74, 6) is -0.502. The molecule has 4 heteroatoms. The lowest BCUT2D eigenvalue weighted by molar-refractivity contribution is 0.0750. The highest BCUT2D eigenvalue weighted by atomic mass is 31.1. The molecule has 0 heterocycles. The molecule has 0 aliphatic heterocycles. The highest BCUT2D eigenvalue weighted by Crippen LogP contribution is 2.28. The first-order valence-electron chi connectivity index (χ1n) is 7.37. The lowest BCUT2D eigenvalue weighted by Crippen LogP contribution is -2.11. The van der Waals surface area contributed by atoms with E-state index >= 15 is 0 Å².